The van der Waals surface area contributed by atoms with Gasteiger partial charge < -0.3 is 33.2 Å². The minimum Gasteiger partial charge on any atom is -0.459 e. The first-order chi connectivity index (χ1) is 37.7. The van der Waals surface area contributed by atoms with Gasteiger partial charge in [0.1, 0.15) is 5.60 Å². The molecule has 13 atom stereocenters. The predicted molar refractivity (Wildman–Crippen MR) is 316 cm³/mol. The molecule has 0 aromatic heterocycles. The summed E-state index contributed by atoms with van der Waals surface area (Å²) in [5.74, 6) is 10.0. The predicted octanol–water partition coefficient (Wildman–Crippen LogP) is 16.9. The van der Waals surface area contributed by atoms with E-state index in [0.717, 1.165) is 105 Å². The summed E-state index contributed by atoms with van der Waals surface area (Å²) in [5, 5.41) is 0. The lowest BCUT2D eigenvalue weighted by Gasteiger charge is -2.54. The van der Waals surface area contributed by atoms with Crippen LogP contribution in [-0.2, 0) is 52.3 Å². The lowest BCUT2D eigenvalue weighted by Crippen LogP contribution is -2.50. The Morgan fingerprint density at radius 3 is 1.29 bits per heavy atom. The summed E-state index contributed by atoms with van der Waals surface area (Å²) in [6.07, 6.45) is 31.2. The van der Waals surface area contributed by atoms with Gasteiger partial charge in [-0.05, 0) is 295 Å². The largest absolute Gasteiger partial charge is 0.459 e. The lowest BCUT2D eigenvalue weighted by molar-refractivity contribution is -0.224. The van der Waals surface area contributed by atoms with Gasteiger partial charge in [0.05, 0.1) is 40.0 Å². The molecule has 0 N–H and O–H groups in total. The Morgan fingerprint density at radius 1 is 0.412 bits per heavy atom. The fourth-order valence-corrected chi connectivity index (χ4v) is 16.8. The number of hydrogen-bond donors (Lipinski definition) is 0. The van der Waals surface area contributed by atoms with Crippen molar-refractivity contribution in [3.63, 3.8) is 0 Å². The van der Waals surface area contributed by atoms with Crippen molar-refractivity contribution in [2.75, 3.05) is 0 Å². The molecule has 11 rings (SSSR count). The highest BCUT2D eigenvalue weighted by Gasteiger charge is 2.63. The molecule has 0 aromatic carbocycles. The van der Waals surface area contributed by atoms with E-state index < -0.39 is 35.1 Å². The van der Waals surface area contributed by atoms with Gasteiger partial charge in [-0.25, -0.2) is 0 Å². The van der Waals surface area contributed by atoms with E-state index in [9.17, 15) is 19.2 Å². The number of hydrogen-bond acceptors (Lipinski definition) is 11. The van der Waals surface area contributed by atoms with Gasteiger partial charge in [-0.1, -0.05) is 53.9 Å². The van der Waals surface area contributed by atoms with Crippen LogP contribution in [0.15, 0.2) is 0 Å². The van der Waals surface area contributed by atoms with Crippen LogP contribution in [0.5, 0.6) is 0 Å². The highest BCUT2D eigenvalue weighted by molar-refractivity contribution is 5.77. The second-order valence-corrected chi connectivity index (χ2v) is 30.5. The molecule has 0 heterocycles. The molecular formula is C69H118O11. The molecule has 0 amide bonds. The van der Waals surface area contributed by atoms with Gasteiger partial charge >= 0.3 is 23.9 Å². The summed E-state index contributed by atoms with van der Waals surface area (Å²) in [5.41, 5.74) is -1.76. The quantitative estimate of drug-likeness (QED) is 0.0530. The third kappa shape index (κ3) is 15.8. The Bertz CT molecular complexity index is 1990. The highest BCUT2D eigenvalue weighted by atomic mass is 16.7. The molecule has 11 aliphatic carbocycles. The fourth-order valence-electron chi connectivity index (χ4n) is 16.8. The third-order valence-electron chi connectivity index (χ3n) is 23.4. The van der Waals surface area contributed by atoms with Gasteiger partial charge in [-0.15, -0.1) is 0 Å². The average molecular weight is 1120 g/mol. The maximum Gasteiger partial charge on any atom is 0.313 e. The molecule has 0 spiro atoms. The molecule has 13 unspecified atom stereocenters. The van der Waals surface area contributed by atoms with Gasteiger partial charge in [0.25, 0.3) is 0 Å². The van der Waals surface area contributed by atoms with E-state index in [1.807, 2.05) is 96.9 Å². The van der Waals surface area contributed by atoms with E-state index in [1.165, 1.54) is 116 Å². The SMILES string of the molecule is CCC(C)(C)C(=O)OC(C)OC1C2CC3CC(C2)CC1C3.CCC(C)(C)C(=O)OC(C)OC1CC2CC1C1C3CCC(C3)C21.CCC(C)(C)C(=O)OC(C)OC1CC2CCC1C2.CCC1(OC(=O)C(C)(C)CC)CCCCCCC1. The van der Waals surface area contributed by atoms with Crippen LogP contribution < -0.4 is 0 Å². The fraction of sp³-hybridized carbons (Fsp3) is 0.942. The van der Waals surface area contributed by atoms with E-state index in [-0.39, 0.29) is 34.9 Å². The second-order valence-electron chi connectivity index (χ2n) is 30.5. The molecule has 0 aliphatic heterocycles. The molecule has 11 aliphatic rings. The molecular weight excluding hydrogens is 1000 g/mol. The van der Waals surface area contributed by atoms with Crippen molar-refractivity contribution >= 4 is 23.9 Å². The van der Waals surface area contributed by atoms with E-state index >= 15 is 0 Å². The van der Waals surface area contributed by atoms with Crippen LogP contribution >= 0.6 is 0 Å². The normalized spacial score (nSPS) is 35.4. The molecule has 11 saturated carbocycles. The summed E-state index contributed by atoms with van der Waals surface area (Å²) in [6, 6.07) is 0. The zero-order chi connectivity index (χ0) is 58.5. The molecule has 460 valence electrons. The summed E-state index contributed by atoms with van der Waals surface area (Å²) < 4.78 is 40.9. The molecule has 11 nitrogen and oxygen atoms in total. The van der Waals surface area contributed by atoms with Gasteiger partial charge in [-0.2, -0.15) is 0 Å². The molecule has 80 heavy (non-hydrogen) atoms. The third-order valence-corrected chi connectivity index (χ3v) is 23.4. The number of rotatable bonds is 19. The number of fused-ring (bicyclic) bond motifs is 11. The van der Waals surface area contributed by atoms with Gasteiger partial charge in [-0.3, -0.25) is 19.2 Å². The summed E-state index contributed by atoms with van der Waals surface area (Å²) in [4.78, 5) is 48.6. The zero-order valence-electron chi connectivity index (χ0n) is 53.8. The van der Waals surface area contributed by atoms with Crippen LogP contribution in [0.25, 0.3) is 0 Å². The van der Waals surface area contributed by atoms with Gasteiger partial charge in [0.2, 0.25) is 0 Å². The van der Waals surface area contributed by atoms with Crippen molar-refractivity contribution < 1.29 is 52.3 Å². The van der Waals surface area contributed by atoms with Crippen molar-refractivity contribution in [3.05, 3.63) is 0 Å². The summed E-state index contributed by atoms with van der Waals surface area (Å²) in [6.45, 7) is 31.5. The number of esters is 4. The molecule has 0 aromatic rings. The maximum atomic E-state index is 12.3. The zero-order valence-corrected chi connectivity index (χ0v) is 53.8. The number of ether oxygens (including phenoxy) is 7. The minimum absolute atomic E-state index is 0.00702. The second kappa shape index (κ2) is 27.4. The number of carbonyl (C=O) groups excluding carboxylic acids is 4. The van der Waals surface area contributed by atoms with Gasteiger partial charge in [0, 0.05) is 0 Å². The first kappa shape index (κ1) is 65.3. The Morgan fingerprint density at radius 2 is 0.838 bits per heavy atom. The van der Waals surface area contributed by atoms with E-state index in [2.05, 4.69) is 13.8 Å². The Balaban J connectivity index is 0.000000155. The van der Waals surface area contributed by atoms with E-state index in [1.54, 1.807) is 0 Å². The first-order valence-electron chi connectivity index (χ1n) is 33.5. The lowest BCUT2D eigenvalue weighted by atomic mass is 9.55. The monoisotopic (exact) mass is 1120 g/mol. The van der Waals surface area contributed by atoms with Gasteiger partial charge in [0.15, 0.2) is 18.9 Å². The first-order valence-corrected chi connectivity index (χ1v) is 33.5. The molecule has 0 saturated heterocycles. The topological polar surface area (TPSA) is 133 Å². The van der Waals surface area contributed by atoms with Crippen molar-refractivity contribution in [3.8, 4) is 0 Å². The molecule has 11 heteroatoms. The Labute approximate surface area is 487 Å². The summed E-state index contributed by atoms with van der Waals surface area (Å²) >= 11 is 0. The van der Waals surface area contributed by atoms with Crippen molar-refractivity contribution in [1.82, 2.24) is 0 Å². The van der Waals surface area contributed by atoms with E-state index in [4.69, 9.17) is 33.2 Å². The number of carbonyl (C=O) groups is 4. The molecule has 10 bridgehead atoms. The molecule has 0 radical (unpaired) electrons. The molecule has 11 fully saturated rings. The van der Waals surface area contributed by atoms with Crippen LogP contribution in [0.2, 0.25) is 0 Å². The van der Waals surface area contributed by atoms with Crippen molar-refractivity contribution in [2.24, 2.45) is 92.7 Å². The average Bonchev–Trinajstić information content (AvgIpc) is 4.38. The van der Waals surface area contributed by atoms with Crippen molar-refractivity contribution in [1.29, 1.82) is 0 Å². The Hall–Kier alpha value is -2.24. The maximum absolute atomic E-state index is 12.3. The van der Waals surface area contributed by atoms with Crippen molar-refractivity contribution in [2.45, 2.75) is 321 Å². The van der Waals surface area contributed by atoms with E-state index in [0.29, 0.717) is 36.1 Å². The van der Waals surface area contributed by atoms with Crippen LogP contribution in [-0.4, -0.2) is 66.7 Å². The standard InChI is InChI=1S/C20H32O3.C18H30O3.C16H30O2.C15H26O3/c1-5-20(3,4)19(21)23-11(2)22-16-10-14-9-15(16)18-13-7-6-12(8-13)17(14)18;1-5-18(3,4)17(19)21-11(2)20-16-14-7-12-6-13(9-14)10-15(16)8-12;1-5-15(3,4)14(17)18-16(6-2)12-10-8-7-9-11-13-16;1-5-15(3,4)14(16)18-10(2)17-13-9-11-6-7-12(13)8-11/h11-18H,5-10H2,1-4H3;11-16H,5-10H2,1-4H3;5-13H2,1-4H3;10-13H,5-9H2,1-4H3. The Kier molecular flexibility index (Phi) is 22.4. The van der Waals surface area contributed by atoms with Crippen LogP contribution in [0.3, 0.4) is 0 Å². The smallest absolute Gasteiger partial charge is 0.313 e. The van der Waals surface area contributed by atoms with Crippen LogP contribution in [0.4, 0.5) is 0 Å². The van der Waals surface area contributed by atoms with Crippen LogP contribution in [0.1, 0.15) is 278 Å². The minimum atomic E-state index is -0.415. The summed E-state index contributed by atoms with van der Waals surface area (Å²) in [7, 11) is 0. The van der Waals surface area contributed by atoms with Crippen LogP contribution in [0, 0.1) is 92.7 Å². The highest BCUT2D eigenvalue weighted by Crippen LogP contribution is 2.68.